The molecular weight excluding hydrogens is 274 g/mol. The summed E-state index contributed by atoms with van der Waals surface area (Å²) in [4.78, 5) is 26.6. The summed E-state index contributed by atoms with van der Waals surface area (Å²) in [6.07, 6.45) is 5.53. The van der Waals surface area contributed by atoms with Crippen LogP contribution < -0.4 is 0 Å². The van der Waals surface area contributed by atoms with Crippen molar-refractivity contribution in [2.75, 3.05) is 0 Å². The SMILES string of the molecule is CC.CCC(=O)N(C1CCCC1)C1CC(=O)c2ccccc21. The number of carbonyl (C=O) groups excluding carboxylic acids is 2. The molecule has 1 fully saturated rings. The first-order valence-corrected chi connectivity index (χ1v) is 8.65. The zero-order chi connectivity index (χ0) is 16.1. The summed E-state index contributed by atoms with van der Waals surface area (Å²) in [5.41, 5.74) is 1.86. The summed E-state index contributed by atoms with van der Waals surface area (Å²) >= 11 is 0. The number of Topliss-reactive ketones (excluding diaryl/α,β-unsaturated/α-hetero) is 1. The number of fused-ring (bicyclic) bond motifs is 1. The predicted molar refractivity (Wildman–Crippen MR) is 88.9 cm³/mol. The summed E-state index contributed by atoms with van der Waals surface area (Å²) < 4.78 is 0. The second-order valence-corrected chi connectivity index (χ2v) is 5.82. The van der Waals surface area contributed by atoms with E-state index in [0.717, 1.165) is 24.0 Å². The van der Waals surface area contributed by atoms with Crippen LogP contribution >= 0.6 is 0 Å². The Kier molecular flexibility index (Phi) is 5.76. The van der Waals surface area contributed by atoms with Crippen LogP contribution in [0.25, 0.3) is 0 Å². The lowest BCUT2D eigenvalue weighted by Crippen LogP contribution is -2.40. The molecule has 3 heteroatoms. The Morgan fingerprint density at radius 2 is 1.82 bits per heavy atom. The Hall–Kier alpha value is -1.64. The number of amides is 1. The third-order valence-corrected chi connectivity index (χ3v) is 4.64. The highest BCUT2D eigenvalue weighted by atomic mass is 16.2. The topological polar surface area (TPSA) is 37.4 Å². The van der Waals surface area contributed by atoms with Gasteiger partial charge in [0.2, 0.25) is 5.91 Å². The Labute approximate surface area is 133 Å². The van der Waals surface area contributed by atoms with Gasteiger partial charge in [0.1, 0.15) is 0 Å². The van der Waals surface area contributed by atoms with Gasteiger partial charge in [0, 0.05) is 24.4 Å². The van der Waals surface area contributed by atoms with Crippen molar-refractivity contribution in [1.29, 1.82) is 0 Å². The molecule has 0 saturated heterocycles. The number of ketones is 1. The van der Waals surface area contributed by atoms with Crippen LogP contribution in [0.4, 0.5) is 0 Å². The summed E-state index contributed by atoms with van der Waals surface area (Å²) in [6.45, 7) is 5.91. The Balaban J connectivity index is 0.000000847. The molecule has 3 rings (SSSR count). The lowest BCUT2D eigenvalue weighted by Gasteiger charge is -2.34. The average molecular weight is 301 g/mol. The van der Waals surface area contributed by atoms with E-state index in [0.29, 0.717) is 18.9 Å². The molecule has 1 atom stereocenters. The van der Waals surface area contributed by atoms with Crippen molar-refractivity contribution in [2.24, 2.45) is 0 Å². The Morgan fingerprint density at radius 1 is 1.18 bits per heavy atom. The molecule has 120 valence electrons. The van der Waals surface area contributed by atoms with Crippen molar-refractivity contribution in [3.8, 4) is 0 Å². The number of rotatable bonds is 3. The van der Waals surface area contributed by atoms with Gasteiger partial charge in [0.05, 0.1) is 6.04 Å². The minimum Gasteiger partial charge on any atom is -0.332 e. The van der Waals surface area contributed by atoms with Crippen LogP contribution in [-0.4, -0.2) is 22.6 Å². The van der Waals surface area contributed by atoms with Crippen LogP contribution in [0, 0.1) is 0 Å². The monoisotopic (exact) mass is 301 g/mol. The predicted octanol–water partition coefficient (Wildman–Crippen LogP) is 4.52. The molecule has 0 aliphatic heterocycles. The van der Waals surface area contributed by atoms with Gasteiger partial charge in [-0.25, -0.2) is 0 Å². The van der Waals surface area contributed by atoms with E-state index in [1.165, 1.54) is 12.8 Å². The van der Waals surface area contributed by atoms with E-state index >= 15 is 0 Å². The normalized spacial score (nSPS) is 20.3. The third kappa shape index (κ3) is 3.08. The molecular formula is C19H27NO2. The first-order valence-electron chi connectivity index (χ1n) is 8.65. The van der Waals surface area contributed by atoms with Crippen molar-refractivity contribution in [2.45, 2.75) is 71.4 Å². The van der Waals surface area contributed by atoms with Crippen LogP contribution in [0.15, 0.2) is 24.3 Å². The minimum atomic E-state index is -0.0331. The molecule has 0 N–H and O–H groups in total. The molecule has 1 aromatic carbocycles. The van der Waals surface area contributed by atoms with E-state index in [-0.39, 0.29) is 17.7 Å². The molecule has 1 amide bonds. The number of nitrogens with zero attached hydrogens (tertiary/aromatic N) is 1. The molecule has 0 heterocycles. The molecule has 0 radical (unpaired) electrons. The molecule has 2 aliphatic rings. The summed E-state index contributed by atoms with van der Waals surface area (Å²) in [7, 11) is 0. The third-order valence-electron chi connectivity index (χ3n) is 4.64. The van der Waals surface area contributed by atoms with Gasteiger partial charge in [-0.15, -0.1) is 0 Å². The molecule has 0 aromatic heterocycles. The molecule has 2 aliphatic carbocycles. The number of hydrogen-bond acceptors (Lipinski definition) is 2. The molecule has 1 unspecified atom stereocenters. The summed E-state index contributed by atoms with van der Waals surface area (Å²) in [5.74, 6) is 0.365. The van der Waals surface area contributed by atoms with Gasteiger partial charge >= 0.3 is 0 Å². The second-order valence-electron chi connectivity index (χ2n) is 5.82. The van der Waals surface area contributed by atoms with Gasteiger partial charge in [-0.05, 0) is 18.4 Å². The van der Waals surface area contributed by atoms with Crippen molar-refractivity contribution < 1.29 is 9.59 Å². The Bertz CT molecular complexity index is 532. The average Bonchev–Trinajstić information content (AvgIpc) is 3.19. The maximum Gasteiger partial charge on any atom is 0.223 e. The smallest absolute Gasteiger partial charge is 0.223 e. The van der Waals surface area contributed by atoms with Crippen molar-refractivity contribution in [1.82, 2.24) is 4.90 Å². The maximum absolute atomic E-state index is 12.4. The quantitative estimate of drug-likeness (QED) is 0.823. The van der Waals surface area contributed by atoms with E-state index in [1.54, 1.807) is 0 Å². The molecule has 1 saturated carbocycles. The van der Waals surface area contributed by atoms with Gasteiger partial charge in [-0.3, -0.25) is 9.59 Å². The minimum absolute atomic E-state index is 0.0331. The van der Waals surface area contributed by atoms with Crippen LogP contribution in [0.5, 0.6) is 0 Å². The fraction of sp³-hybridized carbons (Fsp3) is 0.579. The van der Waals surface area contributed by atoms with E-state index in [2.05, 4.69) is 0 Å². The van der Waals surface area contributed by atoms with Gasteiger partial charge in [-0.2, -0.15) is 0 Å². The maximum atomic E-state index is 12.4. The van der Waals surface area contributed by atoms with Gasteiger partial charge in [0.25, 0.3) is 0 Å². The first-order chi connectivity index (χ1) is 10.7. The van der Waals surface area contributed by atoms with E-state index in [1.807, 2.05) is 49.9 Å². The zero-order valence-corrected chi connectivity index (χ0v) is 14.0. The van der Waals surface area contributed by atoms with Crippen LogP contribution in [0.2, 0.25) is 0 Å². The van der Waals surface area contributed by atoms with Crippen molar-refractivity contribution in [3.05, 3.63) is 35.4 Å². The molecule has 3 nitrogen and oxygen atoms in total. The summed E-state index contributed by atoms with van der Waals surface area (Å²) in [5, 5.41) is 0. The summed E-state index contributed by atoms with van der Waals surface area (Å²) in [6, 6.07) is 8.06. The van der Waals surface area contributed by atoms with Crippen LogP contribution in [0.3, 0.4) is 0 Å². The van der Waals surface area contributed by atoms with Gasteiger partial charge < -0.3 is 4.90 Å². The molecule has 1 aromatic rings. The van der Waals surface area contributed by atoms with Crippen molar-refractivity contribution >= 4 is 11.7 Å². The zero-order valence-electron chi connectivity index (χ0n) is 14.0. The fourth-order valence-electron chi connectivity index (χ4n) is 3.68. The van der Waals surface area contributed by atoms with Crippen LogP contribution in [0.1, 0.15) is 81.3 Å². The number of hydrogen-bond donors (Lipinski definition) is 0. The number of benzene rings is 1. The number of carbonyl (C=O) groups is 2. The second kappa shape index (κ2) is 7.57. The van der Waals surface area contributed by atoms with Crippen molar-refractivity contribution in [3.63, 3.8) is 0 Å². The molecule has 22 heavy (non-hydrogen) atoms. The highest BCUT2D eigenvalue weighted by Crippen LogP contribution is 2.39. The van der Waals surface area contributed by atoms with Crippen LogP contribution in [-0.2, 0) is 4.79 Å². The largest absolute Gasteiger partial charge is 0.332 e. The lowest BCUT2D eigenvalue weighted by atomic mass is 10.0. The fourth-order valence-corrected chi connectivity index (χ4v) is 3.68. The Morgan fingerprint density at radius 3 is 2.45 bits per heavy atom. The molecule has 0 bridgehead atoms. The molecule has 0 spiro atoms. The van der Waals surface area contributed by atoms with E-state index in [9.17, 15) is 9.59 Å². The van der Waals surface area contributed by atoms with Gasteiger partial charge in [-0.1, -0.05) is 57.9 Å². The lowest BCUT2D eigenvalue weighted by molar-refractivity contribution is -0.135. The highest BCUT2D eigenvalue weighted by Gasteiger charge is 2.38. The standard InChI is InChI=1S/C17H21NO2.C2H6/c1-2-17(20)18(12-7-3-4-8-12)15-11-16(19)14-10-6-5-9-13(14)15;1-2/h5-6,9-10,12,15H,2-4,7-8,11H2,1H3;1-2H3. The first kappa shape index (κ1) is 16.7. The van der Waals surface area contributed by atoms with Gasteiger partial charge in [0.15, 0.2) is 5.78 Å². The van der Waals surface area contributed by atoms with E-state index in [4.69, 9.17) is 0 Å². The van der Waals surface area contributed by atoms with E-state index < -0.39 is 0 Å². The highest BCUT2D eigenvalue weighted by molar-refractivity contribution is 6.01.